The third-order valence-electron chi connectivity index (χ3n) is 9.31. The van der Waals surface area contributed by atoms with Crippen LogP contribution in [-0.4, -0.2) is 75.2 Å². The Bertz CT molecular complexity index is 1790. The number of alkyl halides is 6. The van der Waals surface area contributed by atoms with E-state index in [0.717, 1.165) is 62.1 Å². The average molecular weight is 669 g/mol. The molecule has 248 valence electrons. The topological polar surface area (TPSA) is 80.8 Å². The van der Waals surface area contributed by atoms with Crippen LogP contribution in [0.25, 0.3) is 10.9 Å². The molecule has 46 heavy (non-hydrogen) atoms. The summed E-state index contributed by atoms with van der Waals surface area (Å²) in [6.07, 6.45) is -5.92. The monoisotopic (exact) mass is 668 g/mol. The second-order valence-corrected chi connectivity index (χ2v) is 14.8. The Labute approximate surface area is 263 Å². The third kappa shape index (κ3) is 6.55. The van der Waals surface area contributed by atoms with Crippen LogP contribution in [0.15, 0.2) is 47.4 Å². The molecule has 0 bridgehead atoms. The van der Waals surface area contributed by atoms with E-state index in [9.17, 15) is 34.8 Å². The number of hydrogen-bond acceptors (Lipinski definition) is 6. The molecule has 3 fully saturated rings. The molecular weight excluding hydrogens is 634 g/mol. The summed E-state index contributed by atoms with van der Waals surface area (Å²) < 4.78 is 115. The third-order valence-corrected chi connectivity index (χ3v) is 10.4. The highest BCUT2D eigenvalue weighted by atomic mass is 32.2. The summed E-state index contributed by atoms with van der Waals surface area (Å²) in [4.78, 5) is 3.47. The van der Waals surface area contributed by atoms with Crippen molar-refractivity contribution in [3.63, 3.8) is 0 Å². The number of nitrogens with zero attached hydrogens (tertiary/aromatic N) is 3. The highest BCUT2D eigenvalue weighted by molar-refractivity contribution is 7.90. The summed E-state index contributed by atoms with van der Waals surface area (Å²) in [6.45, 7) is 1.86. The van der Waals surface area contributed by atoms with Crippen LogP contribution in [0.1, 0.15) is 36.9 Å². The largest absolute Gasteiger partial charge is 0.418 e. The second-order valence-electron chi connectivity index (χ2n) is 12.7. The van der Waals surface area contributed by atoms with Gasteiger partial charge >= 0.3 is 12.4 Å². The minimum absolute atomic E-state index is 0.0315. The van der Waals surface area contributed by atoms with Crippen molar-refractivity contribution in [1.29, 1.82) is 0 Å². The number of fused-ring (bicyclic) bond motifs is 1. The van der Waals surface area contributed by atoms with Crippen molar-refractivity contribution >= 4 is 32.1 Å². The molecule has 2 N–H and O–H groups in total. The van der Waals surface area contributed by atoms with Gasteiger partial charge in [-0.3, -0.25) is 4.90 Å². The Morgan fingerprint density at radius 3 is 2.30 bits per heavy atom. The summed E-state index contributed by atoms with van der Waals surface area (Å²) >= 11 is 0. The summed E-state index contributed by atoms with van der Waals surface area (Å²) in [5.41, 5.74) is 5.49. The van der Waals surface area contributed by atoms with Gasteiger partial charge in [0.2, 0.25) is 0 Å². The van der Waals surface area contributed by atoms with Gasteiger partial charge in [0.25, 0.3) is 0 Å². The highest BCUT2D eigenvalue weighted by Crippen LogP contribution is 2.43. The lowest BCUT2D eigenvalue weighted by Crippen LogP contribution is -2.68. The minimum Gasteiger partial charge on any atom is -0.398 e. The van der Waals surface area contributed by atoms with Crippen LogP contribution in [-0.2, 0) is 27.3 Å². The maximum atomic E-state index is 14.4. The molecule has 1 aliphatic carbocycles. The number of hydrogen-bond donors (Lipinski definition) is 1. The second kappa shape index (κ2) is 11.7. The van der Waals surface area contributed by atoms with E-state index in [1.165, 1.54) is 17.0 Å². The van der Waals surface area contributed by atoms with E-state index in [4.69, 9.17) is 10.5 Å². The molecule has 3 aromatic rings. The number of ether oxygens (including phenoxy) is 1. The van der Waals surface area contributed by atoms with E-state index in [0.29, 0.717) is 30.3 Å². The Hall–Kier alpha value is -3.41. The van der Waals surface area contributed by atoms with E-state index in [2.05, 4.69) is 16.7 Å². The number of nitrogens with two attached hydrogens (primary N) is 1. The Balaban J connectivity index is 1.33. The van der Waals surface area contributed by atoms with Crippen LogP contribution in [0, 0.1) is 17.3 Å². The average Bonchev–Trinajstić information content (AvgIpc) is 3.26. The number of aromatic nitrogens is 1. The summed E-state index contributed by atoms with van der Waals surface area (Å²) in [5, 5.41) is 0.392. The zero-order valence-electron chi connectivity index (χ0n) is 25.1. The fourth-order valence-corrected chi connectivity index (χ4v) is 7.64. The Morgan fingerprint density at radius 2 is 1.72 bits per heavy atom. The number of anilines is 2. The van der Waals surface area contributed by atoms with E-state index >= 15 is 0 Å². The predicted octanol–water partition coefficient (Wildman–Crippen LogP) is 5.71. The SMILES string of the molecule is CS(=O)(=O)c1ccc(N(CC#Cc2cc3c(N)cccc3n2CC(F)(F)F)C2CCC(N3CC4(COC4)C3)CC2)c(C(F)(F)F)c1. The van der Waals surface area contributed by atoms with E-state index in [-0.39, 0.29) is 40.6 Å². The molecule has 0 atom stereocenters. The molecule has 2 saturated heterocycles. The van der Waals surface area contributed by atoms with Crippen molar-refractivity contribution in [3.8, 4) is 11.8 Å². The number of nitrogen functional groups attached to an aromatic ring is 1. The fourth-order valence-electron chi connectivity index (χ4n) is 6.99. The number of sulfone groups is 1. The van der Waals surface area contributed by atoms with Crippen molar-refractivity contribution in [2.24, 2.45) is 5.41 Å². The van der Waals surface area contributed by atoms with E-state index in [1.54, 1.807) is 12.1 Å². The van der Waals surface area contributed by atoms with Gasteiger partial charge in [0.15, 0.2) is 9.84 Å². The smallest absolute Gasteiger partial charge is 0.398 e. The van der Waals surface area contributed by atoms with Crippen molar-refractivity contribution in [3.05, 3.63) is 53.7 Å². The lowest BCUT2D eigenvalue weighted by atomic mass is 9.75. The Morgan fingerprint density at radius 1 is 1.02 bits per heavy atom. The molecule has 0 unspecified atom stereocenters. The maximum Gasteiger partial charge on any atom is 0.418 e. The van der Waals surface area contributed by atoms with Crippen LogP contribution >= 0.6 is 0 Å². The number of rotatable bonds is 6. The Kier molecular flexibility index (Phi) is 8.26. The van der Waals surface area contributed by atoms with Gasteiger partial charge in [-0.15, -0.1) is 0 Å². The lowest BCUT2D eigenvalue weighted by molar-refractivity contribution is -0.200. The molecule has 1 aromatic heterocycles. The van der Waals surface area contributed by atoms with Crippen LogP contribution in [0.3, 0.4) is 0 Å². The molecule has 2 aromatic carbocycles. The van der Waals surface area contributed by atoms with Gasteiger partial charge in [-0.05, 0) is 68.0 Å². The molecule has 14 heteroatoms. The first-order valence-corrected chi connectivity index (χ1v) is 16.9. The van der Waals surface area contributed by atoms with Crippen molar-refractivity contribution < 1.29 is 39.5 Å². The first-order valence-electron chi connectivity index (χ1n) is 15.0. The zero-order valence-corrected chi connectivity index (χ0v) is 25.9. The zero-order chi connectivity index (χ0) is 33.1. The molecule has 7 nitrogen and oxygen atoms in total. The molecular formula is C32H34F6N4O3S. The first kappa shape index (κ1) is 32.5. The van der Waals surface area contributed by atoms with Crippen molar-refractivity contribution in [2.45, 2.75) is 61.6 Å². The molecule has 2 aliphatic heterocycles. The van der Waals surface area contributed by atoms with Crippen LogP contribution in [0.4, 0.5) is 37.7 Å². The molecule has 3 aliphatic rings. The lowest BCUT2D eigenvalue weighted by Gasteiger charge is -2.58. The number of halogens is 6. The molecule has 3 heterocycles. The molecule has 0 radical (unpaired) electrons. The normalized spacial score (nSPS) is 21.8. The van der Waals surface area contributed by atoms with Crippen molar-refractivity contribution in [2.75, 3.05) is 49.7 Å². The van der Waals surface area contributed by atoms with Gasteiger partial charge in [0, 0.05) is 47.9 Å². The summed E-state index contributed by atoms with van der Waals surface area (Å²) in [5.74, 6) is 5.62. The van der Waals surface area contributed by atoms with Gasteiger partial charge in [0.05, 0.1) is 47.1 Å². The first-order chi connectivity index (χ1) is 21.5. The van der Waals surface area contributed by atoms with Gasteiger partial charge < -0.3 is 19.9 Å². The summed E-state index contributed by atoms with van der Waals surface area (Å²) in [7, 11) is -3.93. The van der Waals surface area contributed by atoms with Crippen LogP contribution < -0.4 is 10.6 Å². The summed E-state index contributed by atoms with van der Waals surface area (Å²) in [6, 6.07) is 8.95. The van der Waals surface area contributed by atoms with Gasteiger partial charge in [-0.25, -0.2) is 8.42 Å². The molecule has 0 amide bonds. The van der Waals surface area contributed by atoms with Crippen LogP contribution in [0.5, 0.6) is 0 Å². The quantitative estimate of drug-likeness (QED) is 0.206. The van der Waals surface area contributed by atoms with Crippen molar-refractivity contribution in [1.82, 2.24) is 9.47 Å². The van der Waals surface area contributed by atoms with Gasteiger partial charge in [-0.2, -0.15) is 26.3 Å². The fraction of sp³-hybridized carbons (Fsp3) is 0.500. The highest BCUT2D eigenvalue weighted by Gasteiger charge is 2.51. The van der Waals surface area contributed by atoms with Crippen LogP contribution in [0.2, 0.25) is 0 Å². The van der Waals surface area contributed by atoms with Gasteiger partial charge in [0.1, 0.15) is 6.54 Å². The predicted molar refractivity (Wildman–Crippen MR) is 162 cm³/mol. The molecule has 1 spiro atoms. The minimum atomic E-state index is -4.87. The maximum absolute atomic E-state index is 14.4. The molecule has 6 rings (SSSR count). The number of likely N-dealkylation sites (tertiary alicyclic amines) is 1. The molecule has 1 saturated carbocycles. The number of benzene rings is 2. The van der Waals surface area contributed by atoms with E-state index < -0.39 is 39.2 Å². The van der Waals surface area contributed by atoms with Gasteiger partial charge in [-0.1, -0.05) is 12.0 Å². The standard InChI is InChI=1S/C32H34F6N4O3S/c1-46(43,44)24-11-12-29(26(15-24)32(36,37)38)41(22-9-7-21(8-10-22)40-16-30(17-40)19-45-20-30)13-3-4-23-14-25-27(39)5-2-6-28(25)42(23)18-31(33,34)35/h2,5-6,11-12,14-15,21-22H,7-10,13,16-20,39H2,1H3. The van der Waals surface area contributed by atoms with E-state index in [1.807, 2.05) is 0 Å².